The fourth-order valence-electron chi connectivity index (χ4n) is 0.251. The highest BCUT2D eigenvalue weighted by Crippen LogP contribution is 1.92. The highest BCUT2D eigenvalue weighted by atomic mass is 35.5. The average molecular weight is 153 g/mol. The van der Waals surface area contributed by atoms with Gasteiger partial charge in [0.2, 0.25) is 0 Å². The van der Waals surface area contributed by atoms with Crippen LogP contribution in [-0.4, -0.2) is 25.2 Å². The van der Waals surface area contributed by atoms with E-state index in [1.807, 2.05) is 0 Å². The minimum absolute atomic E-state index is 0.0901. The fraction of sp³-hybridized carbons (Fsp3) is 0.800. The van der Waals surface area contributed by atoms with E-state index in [0.717, 1.165) is 0 Å². The van der Waals surface area contributed by atoms with Gasteiger partial charge in [-0.15, -0.1) is 0 Å². The van der Waals surface area contributed by atoms with Gasteiger partial charge >= 0.3 is 5.43 Å². The van der Waals surface area contributed by atoms with E-state index in [0.29, 0.717) is 0 Å². The van der Waals surface area contributed by atoms with E-state index in [4.69, 9.17) is 16.3 Å². The Balaban J connectivity index is 3.16. The van der Waals surface area contributed by atoms with Crippen LogP contribution in [0.25, 0.3) is 0 Å². The second kappa shape index (κ2) is 4.58. The van der Waals surface area contributed by atoms with Crippen molar-refractivity contribution in [2.45, 2.75) is 13.0 Å². The summed E-state index contributed by atoms with van der Waals surface area (Å²) in [4.78, 5) is 9.95. The van der Waals surface area contributed by atoms with Crippen molar-refractivity contribution in [3.8, 4) is 0 Å². The fourth-order valence-corrected chi connectivity index (χ4v) is 0.314. The molecule has 4 heteroatoms. The van der Waals surface area contributed by atoms with Crippen molar-refractivity contribution in [1.82, 2.24) is 0 Å². The molecule has 0 bridgehead atoms. The Kier molecular flexibility index (Phi) is 4.44. The largest absolute Gasteiger partial charge is 0.451 e. The molecule has 3 nitrogen and oxygen atoms in total. The Morgan fingerprint density at radius 1 is 1.78 bits per heavy atom. The molecular weight excluding hydrogens is 144 g/mol. The zero-order valence-corrected chi connectivity index (χ0v) is 6.14. The first kappa shape index (κ1) is 8.72. The van der Waals surface area contributed by atoms with Crippen LogP contribution in [0.4, 0.5) is 4.79 Å². The highest BCUT2D eigenvalue weighted by molar-refractivity contribution is 6.61. The Labute approximate surface area is 58.9 Å². The van der Waals surface area contributed by atoms with E-state index in [-0.39, 0.29) is 12.7 Å². The standard InChI is InChI=1S/C5H9ClO3/c1-4(8-2)3-9-5(6)7/h4H,3H2,1-2H3/t4-/m0/s1. The summed E-state index contributed by atoms with van der Waals surface area (Å²) >= 11 is 4.86. The third kappa shape index (κ3) is 5.59. The molecule has 0 heterocycles. The SMILES string of the molecule is CO[C@@H](C)COC(=O)Cl. The van der Waals surface area contributed by atoms with Crippen molar-refractivity contribution in [1.29, 1.82) is 0 Å². The summed E-state index contributed by atoms with van der Waals surface area (Å²) in [6.07, 6.45) is -0.0901. The molecule has 0 aliphatic heterocycles. The minimum Gasteiger partial charge on any atom is -0.451 e. The number of halogens is 1. The Morgan fingerprint density at radius 3 is 2.67 bits per heavy atom. The third-order valence-electron chi connectivity index (χ3n) is 0.834. The maximum Gasteiger partial charge on any atom is 0.403 e. The highest BCUT2D eigenvalue weighted by Gasteiger charge is 2.01. The van der Waals surface area contributed by atoms with Crippen LogP contribution in [0.2, 0.25) is 0 Å². The van der Waals surface area contributed by atoms with E-state index in [1.54, 1.807) is 6.92 Å². The summed E-state index contributed by atoms with van der Waals surface area (Å²) in [6.45, 7) is 1.98. The van der Waals surface area contributed by atoms with E-state index >= 15 is 0 Å². The lowest BCUT2D eigenvalue weighted by atomic mass is 10.4. The molecular formula is C5H9ClO3. The lowest BCUT2D eigenvalue weighted by molar-refractivity contribution is 0.0545. The van der Waals surface area contributed by atoms with Crippen LogP contribution >= 0.6 is 11.6 Å². The first-order valence-electron chi connectivity index (χ1n) is 2.52. The zero-order valence-electron chi connectivity index (χ0n) is 5.39. The molecule has 9 heavy (non-hydrogen) atoms. The maximum absolute atomic E-state index is 9.95. The summed E-state index contributed by atoms with van der Waals surface area (Å²) in [6, 6.07) is 0. The molecule has 54 valence electrons. The molecule has 0 saturated heterocycles. The Hall–Kier alpha value is -0.280. The van der Waals surface area contributed by atoms with Gasteiger partial charge in [0.1, 0.15) is 6.61 Å². The van der Waals surface area contributed by atoms with Crippen molar-refractivity contribution < 1.29 is 14.3 Å². The zero-order chi connectivity index (χ0) is 7.28. The Bertz CT molecular complexity index is 94.2. The van der Waals surface area contributed by atoms with Gasteiger partial charge in [-0.25, -0.2) is 4.79 Å². The van der Waals surface area contributed by atoms with Gasteiger partial charge in [0, 0.05) is 18.7 Å². The molecule has 0 saturated carbocycles. The summed E-state index contributed by atoms with van der Waals surface area (Å²) < 4.78 is 9.16. The molecule has 0 aromatic heterocycles. The van der Waals surface area contributed by atoms with Gasteiger partial charge in [-0.3, -0.25) is 0 Å². The van der Waals surface area contributed by atoms with Crippen LogP contribution in [0.5, 0.6) is 0 Å². The van der Waals surface area contributed by atoms with Gasteiger partial charge in [0.25, 0.3) is 0 Å². The molecule has 0 aromatic carbocycles. The molecule has 0 aromatic rings. The second-order valence-corrected chi connectivity index (χ2v) is 1.90. The van der Waals surface area contributed by atoms with Gasteiger partial charge in [-0.2, -0.15) is 0 Å². The smallest absolute Gasteiger partial charge is 0.403 e. The first-order valence-corrected chi connectivity index (χ1v) is 2.89. The third-order valence-corrected chi connectivity index (χ3v) is 0.943. The second-order valence-electron chi connectivity index (χ2n) is 1.59. The first-order chi connectivity index (χ1) is 4.16. The van der Waals surface area contributed by atoms with E-state index in [9.17, 15) is 4.79 Å². The van der Waals surface area contributed by atoms with Gasteiger partial charge in [-0.1, -0.05) is 0 Å². The van der Waals surface area contributed by atoms with Gasteiger partial charge < -0.3 is 9.47 Å². The molecule has 0 rings (SSSR count). The maximum atomic E-state index is 9.95. The number of ether oxygens (including phenoxy) is 2. The number of hydrogen-bond acceptors (Lipinski definition) is 3. The van der Waals surface area contributed by atoms with Crippen LogP contribution in [0.1, 0.15) is 6.92 Å². The predicted octanol–water partition coefficient (Wildman–Crippen LogP) is 1.40. The number of carbonyl (C=O) groups is 1. The van der Waals surface area contributed by atoms with Crippen molar-refractivity contribution in [3.63, 3.8) is 0 Å². The number of hydrogen-bond donors (Lipinski definition) is 0. The van der Waals surface area contributed by atoms with Crippen LogP contribution in [0.15, 0.2) is 0 Å². The van der Waals surface area contributed by atoms with E-state index in [1.165, 1.54) is 7.11 Å². The van der Waals surface area contributed by atoms with Crippen LogP contribution < -0.4 is 0 Å². The minimum atomic E-state index is -0.793. The van der Waals surface area contributed by atoms with Gasteiger partial charge in [0.15, 0.2) is 0 Å². The summed E-state index contributed by atoms with van der Waals surface area (Å²) in [5, 5.41) is 0. The number of carbonyl (C=O) groups excluding carboxylic acids is 1. The van der Waals surface area contributed by atoms with Crippen LogP contribution in [0.3, 0.4) is 0 Å². The number of rotatable bonds is 3. The molecule has 0 N–H and O–H groups in total. The molecule has 1 atom stereocenters. The summed E-state index contributed by atoms with van der Waals surface area (Å²) in [7, 11) is 1.53. The summed E-state index contributed by atoms with van der Waals surface area (Å²) in [5.41, 5.74) is -0.793. The molecule has 0 amide bonds. The molecule has 0 aliphatic carbocycles. The van der Waals surface area contributed by atoms with E-state index in [2.05, 4.69) is 4.74 Å². The molecule has 0 fully saturated rings. The molecule has 0 spiro atoms. The van der Waals surface area contributed by atoms with Crippen molar-refractivity contribution in [2.75, 3.05) is 13.7 Å². The van der Waals surface area contributed by atoms with Crippen LogP contribution in [-0.2, 0) is 9.47 Å². The topological polar surface area (TPSA) is 35.5 Å². The molecule has 0 unspecified atom stereocenters. The normalized spacial score (nSPS) is 12.8. The van der Waals surface area contributed by atoms with Crippen molar-refractivity contribution >= 4 is 17.0 Å². The lowest BCUT2D eigenvalue weighted by Crippen LogP contribution is -2.14. The quantitative estimate of drug-likeness (QED) is 0.574. The lowest BCUT2D eigenvalue weighted by Gasteiger charge is -2.06. The average Bonchev–Trinajstić information content (AvgIpc) is 1.83. The molecule has 0 aliphatic rings. The van der Waals surface area contributed by atoms with Crippen molar-refractivity contribution in [2.24, 2.45) is 0 Å². The molecule has 0 radical (unpaired) electrons. The van der Waals surface area contributed by atoms with Gasteiger partial charge in [-0.05, 0) is 6.92 Å². The Morgan fingerprint density at radius 2 is 2.33 bits per heavy atom. The van der Waals surface area contributed by atoms with E-state index < -0.39 is 5.43 Å². The summed E-state index contributed by atoms with van der Waals surface area (Å²) in [5.74, 6) is 0. The van der Waals surface area contributed by atoms with Crippen molar-refractivity contribution in [3.05, 3.63) is 0 Å². The van der Waals surface area contributed by atoms with Crippen LogP contribution in [0, 0.1) is 0 Å². The predicted molar refractivity (Wildman–Crippen MR) is 33.7 cm³/mol. The van der Waals surface area contributed by atoms with Gasteiger partial charge in [0.05, 0.1) is 6.10 Å². The number of methoxy groups -OCH3 is 1. The monoisotopic (exact) mass is 152 g/mol.